The van der Waals surface area contributed by atoms with Crippen molar-refractivity contribution in [1.29, 1.82) is 5.26 Å². The Hall–Kier alpha value is -4.63. The number of aromatic nitrogens is 2. The summed E-state index contributed by atoms with van der Waals surface area (Å²) < 4.78 is 12.4. The molecule has 0 unspecified atom stereocenters. The van der Waals surface area contributed by atoms with E-state index in [-0.39, 0.29) is 6.10 Å². The standard InChI is InChI=1S/C29H24N4O2/c1-3-19(2)34-29-27(31-23-16-10-11-17-24(23)32-29)33-28-22(18-30)25(20-12-6-4-7-13-20)26(35-28)21-14-8-5-9-15-21/h4-17,19H,3H2,1-2H3,(H,31,33)/t19-/m1/s1. The van der Waals surface area contributed by atoms with Gasteiger partial charge in [0.05, 0.1) is 17.1 Å². The molecule has 0 spiro atoms. The molecule has 0 saturated carbocycles. The van der Waals surface area contributed by atoms with Crippen molar-refractivity contribution in [2.45, 2.75) is 26.4 Å². The molecule has 0 fully saturated rings. The van der Waals surface area contributed by atoms with Crippen molar-refractivity contribution in [2.24, 2.45) is 0 Å². The van der Waals surface area contributed by atoms with Gasteiger partial charge in [-0.05, 0) is 31.0 Å². The summed E-state index contributed by atoms with van der Waals surface area (Å²) in [7, 11) is 0. The topological polar surface area (TPSA) is 84.0 Å². The van der Waals surface area contributed by atoms with E-state index in [0.717, 1.165) is 28.6 Å². The maximum Gasteiger partial charge on any atom is 0.258 e. The van der Waals surface area contributed by atoms with Crippen LogP contribution in [-0.2, 0) is 0 Å². The zero-order valence-corrected chi connectivity index (χ0v) is 19.5. The molecular formula is C29H24N4O2. The molecule has 5 rings (SSSR count). The van der Waals surface area contributed by atoms with Crippen LogP contribution in [0.5, 0.6) is 5.88 Å². The van der Waals surface area contributed by atoms with Crippen LogP contribution in [0.25, 0.3) is 33.5 Å². The number of para-hydroxylation sites is 2. The number of fused-ring (bicyclic) bond motifs is 1. The Morgan fingerprint density at radius 3 is 2.11 bits per heavy atom. The van der Waals surface area contributed by atoms with Crippen LogP contribution in [0.2, 0.25) is 0 Å². The van der Waals surface area contributed by atoms with Crippen molar-refractivity contribution in [1.82, 2.24) is 9.97 Å². The van der Waals surface area contributed by atoms with Crippen molar-refractivity contribution >= 4 is 22.7 Å². The first-order valence-corrected chi connectivity index (χ1v) is 11.6. The molecule has 6 nitrogen and oxygen atoms in total. The van der Waals surface area contributed by atoms with Crippen LogP contribution < -0.4 is 10.1 Å². The van der Waals surface area contributed by atoms with Gasteiger partial charge in [-0.2, -0.15) is 5.26 Å². The summed E-state index contributed by atoms with van der Waals surface area (Å²) in [5, 5.41) is 13.4. The molecule has 2 aromatic heterocycles. The van der Waals surface area contributed by atoms with Crippen LogP contribution in [0.4, 0.5) is 11.7 Å². The summed E-state index contributed by atoms with van der Waals surface area (Å²) in [5.74, 6) is 1.66. The molecule has 0 radical (unpaired) electrons. The van der Waals surface area contributed by atoms with E-state index >= 15 is 0 Å². The Kier molecular flexibility index (Phi) is 6.15. The third-order valence-electron chi connectivity index (χ3n) is 5.78. The van der Waals surface area contributed by atoms with Crippen molar-refractivity contribution in [3.8, 4) is 34.4 Å². The lowest BCUT2D eigenvalue weighted by Crippen LogP contribution is -2.13. The number of benzene rings is 3. The summed E-state index contributed by atoms with van der Waals surface area (Å²) in [4.78, 5) is 9.44. The van der Waals surface area contributed by atoms with Gasteiger partial charge in [-0.15, -0.1) is 0 Å². The number of anilines is 2. The Bertz CT molecular complexity index is 1510. The minimum absolute atomic E-state index is 0.0576. The SMILES string of the molecule is CC[C@@H](C)Oc1nc2ccccc2nc1Nc1oc(-c2ccccc2)c(-c2ccccc2)c1C#N. The zero-order chi connectivity index (χ0) is 24.2. The number of hydrogen-bond acceptors (Lipinski definition) is 6. The van der Waals surface area contributed by atoms with Crippen LogP contribution >= 0.6 is 0 Å². The minimum atomic E-state index is -0.0576. The molecule has 0 aliphatic rings. The van der Waals surface area contributed by atoms with Gasteiger partial charge < -0.3 is 14.5 Å². The van der Waals surface area contributed by atoms with E-state index in [1.807, 2.05) is 98.8 Å². The monoisotopic (exact) mass is 460 g/mol. The number of nitriles is 1. The summed E-state index contributed by atoms with van der Waals surface area (Å²) in [6.45, 7) is 4.03. The third kappa shape index (κ3) is 4.44. The average Bonchev–Trinajstić information content (AvgIpc) is 3.28. The van der Waals surface area contributed by atoms with Crippen molar-refractivity contribution < 1.29 is 9.15 Å². The second-order valence-corrected chi connectivity index (χ2v) is 8.18. The Morgan fingerprint density at radius 2 is 1.49 bits per heavy atom. The average molecular weight is 461 g/mol. The van der Waals surface area contributed by atoms with Gasteiger partial charge in [-0.25, -0.2) is 9.97 Å². The van der Waals surface area contributed by atoms with E-state index in [2.05, 4.69) is 16.4 Å². The van der Waals surface area contributed by atoms with Gasteiger partial charge >= 0.3 is 0 Å². The van der Waals surface area contributed by atoms with Crippen LogP contribution in [0.3, 0.4) is 0 Å². The lowest BCUT2D eigenvalue weighted by molar-refractivity contribution is 0.210. The molecule has 6 heteroatoms. The summed E-state index contributed by atoms with van der Waals surface area (Å²) >= 11 is 0. The number of furan rings is 1. The number of hydrogen-bond donors (Lipinski definition) is 1. The molecule has 0 aliphatic heterocycles. The van der Waals surface area contributed by atoms with Crippen molar-refractivity contribution in [2.75, 3.05) is 5.32 Å². The smallest absolute Gasteiger partial charge is 0.258 e. The van der Waals surface area contributed by atoms with Crippen LogP contribution in [0.1, 0.15) is 25.8 Å². The van der Waals surface area contributed by atoms with Gasteiger partial charge in [0.1, 0.15) is 17.4 Å². The molecule has 0 aliphatic carbocycles. The molecule has 5 aromatic rings. The number of nitrogens with one attached hydrogen (secondary N) is 1. The molecule has 0 bridgehead atoms. The molecule has 1 atom stereocenters. The maximum absolute atomic E-state index is 10.2. The van der Waals surface area contributed by atoms with Gasteiger partial charge in [-0.3, -0.25) is 0 Å². The van der Waals surface area contributed by atoms with Crippen molar-refractivity contribution in [3.63, 3.8) is 0 Å². The Labute approximate surface area is 203 Å². The van der Waals surface area contributed by atoms with Crippen LogP contribution in [0, 0.1) is 11.3 Å². The minimum Gasteiger partial charge on any atom is -0.472 e. The fraction of sp³-hybridized carbons (Fsp3) is 0.138. The first-order chi connectivity index (χ1) is 17.2. The highest BCUT2D eigenvalue weighted by Gasteiger charge is 2.25. The second kappa shape index (κ2) is 9.70. The summed E-state index contributed by atoms with van der Waals surface area (Å²) in [6.07, 6.45) is 0.756. The predicted molar refractivity (Wildman–Crippen MR) is 137 cm³/mol. The fourth-order valence-electron chi connectivity index (χ4n) is 3.83. The molecule has 3 aromatic carbocycles. The highest BCUT2D eigenvalue weighted by atomic mass is 16.5. The van der Waals surface area contributed by atoms with E-state index < -0.39 is 0 Å². The van der Waals surface area contributed by atoms with Gasteiger partial charge in [0.2, 0.25) is 5.88 Å². The molecular weight excluding hydrogens is 436 g/mol. The lowest BCUT2D eigenvalue weighted by atomic mass is 9.98. The first-order valence-electron chi connectivity index (χ1n) is 11.6. The normalized spacial score (nSPS) is 11.7. The summed E-state index contributed by atoms with van der Waals surface area (Å²) in [5.41, 5.74) is 4.31. The Balaban J connectivity index is 1.68. The lowest BCUT2D eigenvalue weighted by Gasteiger charge is -2.15. The first kappa shape index (κ1) is 22.2. The van der Waals surface area contributed by atoms with Gasteiger partial charge in [-0.1, -0.05) is 79.7 Å². The van der Waals surface area contributed by atoms with Crippen LogP contribution in [-0.4, -0.2) is 16.1 Å². The summed E-state index contributed by atoms with van der Waals surface area (Å²) in [6, 6.07) is 29.5. The molecule has 2 heterocycles. The molecule has 1 N–H and O–H groups in total. The predicted octanol–water partition coefficient (Wildman–Crippen LogP) is 7.35. The third-order valence-corrected chi connectivity index (χ3v) is 5.78. The molecule has 172 valence electrons. The second-order valence-electron chi connectivity index (χ2n) is 8.18. The van der Waals surface area contributed by atoms with E-state index in [1.165, 1.54) is 0 Å². The van der Waals surface area contributed by atoms with Gasteiger partial charge in [0.15, 0.2) is 5.82 Å². The van der Waals surface area contributed by atoms with Gasteiger partial charge in [0, 0.05) is 11.1 Å². The van der Waals surface area contributed by atoms with E-state index in [1.54, 1.807) is 0 Å². The van der Waals surface area contributed by atoms with Crippen LogP contribution in [0.15, 0.2) is 89.3 Å². The Morgan fingerprint density at radius 1 is 0.886 bits per heavy atom. The quantitative estimate of drug-likeness (QED) is 0.273. The maximum atomic E-state index is 10.2. The molecule has 0 amide bonds. The largest absolute Gasteiger partial charge is 0.472 e. The van der Waals surface area contributed by atoms with E-state index in [0.29, 0.717) is 34.4 Å². The van der Waals surface area contributed by atoms with Crippen molar-refractivity contribution in [3.05, 3.63) is 90.5 Å². The highest BCUT2D eigenvalue weighted by Crippen LogP contribution is 2.42. The number of rotatable bonds is 7. The molecule has 35 heavy (non-hydrogen) atoms. The van der Waals surface area contributed by atoms with E-state index in [9.17, 15) is 5.26 Å². The fourth-order valence-corrected chi connectivity index (χ4v) is 3.83. The number of ether oxygens (including phenoxy) is 1. The van der Waals surface area contributed by atoms with E-state index in [4.69, 9.17) is 14.1 Å². The van der Waals surface area contributed by atoms with Gasteiger partial charge in [0.25, 0.3) is 5.88 Å². The zero-order valence-electron chi connectivity index (χ0n) is 19.5. The number of nitrogens with zero attached hydrogens (tertiary/aromatic N) is 3. The highest BCUT2D eigenvalue weighted by molar-refractivity contribution is 5.89. The molecule has 0 saturated heterocycles.